The number of ether oxygens (including phenoxy) is 1. The van der Waals surface area contributed by atoms with E-state index in [4.69, 9.17) is 4.74 Å². The molecule has 0 radical (unpaired) electrons. The number of morpholine rings is 1. The van der Waals surface area contributed by atoms with E-state index in [0.29, 0.717) is 6.54 Å². The van der Waals surface area contributed by atoms with Crippen molar-refractivity contribution in [2.75, 3.05) is 44.7 Å². The van der Waals surface area contributed by atoms with Gasteiger partial charge >= 0.3 is 0 Å². The molecule has 0 unspecified atom stereocenters. The molecule has 1 aromatic rings. The minimum Gasteiger partial charge on any atom is -0.379 e. The third kappa shape index (κ3) is 6.14. The van der Waals surface area contributed by atoms with Crippen molar-refractivity contribution in [1.82, 2.24) is 10.2 Å². The number of para-hydroxylation sites is 1. The summed E-state index contributed by atoms with van der Waals surface area (Å²) >= 11 is 0. The third-order valence-corrected chi connectivity index (χ3v) is 4.44. The summed E-state index contributed by atoms with van der Waals surface area (Å²) in [4.78, 5) is 26.4. The van der Waals surface area contributed by atoms with E-state index in [2.05, 4.69) is 29.4 Å². The van der Waals surface area contributed by atoms with Crippen LogP contribution in [0.4, 0.5) is 5.69 Å². The Labute approximate surface area is 149 Å². The molecule has 6 nitrogen and oxygen atoms in total. The topological polar surface area (TPSA) is 70.7 Å². The number of anilines is 1. The molecular weight excluding hydrogens is 318 g/mol. The number of hydrogen-bond donors (Lipinski definition) is 2. The Morgan fingerprint density at radius 3 is 2.32 bits per heavy atom. The van der Waals surface area contributed by atoms with E-state index in [0.717, 1.165) is 62.5 Å². The van der Waals surface area contributed by atoms with Gasteiger partial charge in [-0.15, -0.1) is 0 Å². The van der Waals surface area contributed by atoms with Gasteiger partial charge < -0.3 is 15.4 Å². The minimum atomic E-state index is -0.264. The van der Waals surface area contributed by atoms with E-state index < -0.39 is 0 Å². The number of nitrogens with one attached hydrogen (secondary N) is 2. The van der Waals surface area contributed by atoms with Crippen LogP contribution in [0.3, 0.4) is 0 Å². The van der Waals surface area contributed by atoms with Crippen LogP contribution >= 0.6 is 0 Å². The molecule has 1 heterocycles. The second kappa shape index (κ2) is 10.2. The lowest BCUT2D eigenvalue weighted by Gasteiger charge is -2.26. The van der Waals surface area contributed by atoms with Gasteiger partial charge in [0.05, 0.1) is 13.2 Å². The molecule has 0 saturated carbocycles. The Morgan fingerprint density at radius 2 is 1.72 bits per heavy atom. The van der Waals surface area contributed by atoms with E-state index >= 15 is 0 Å². The van der Waals surface area contributed by atoms with Crippen LogP contribution in [0.15, 0.2) is 18.2 Å². The van der Waals surface area contributed by atoms with Gasteiger partial charge in [-0.2, -0.15) is 0 Å². The number of hydrogen-bond acceptors (Lipinski definition) is 4. The first kappa shape index (κ1) is 19.4. The predicted octanol–water partition coefficient (Wildman–Crippen LogP) is 1.59. The Bertz CT molecular complexity index is 561. The molecule has 0 aromatic heterocycles. The maximum Gasteiger partial charge on any atom is 0.233 e. The first-order valence-electron chi connectivity index (χ1n) is 9.11. The van der Waals surface area contributed by atoms with E-state index in [1.54, 1.807) is 0 Å². The molecule has 1 aliphatic heterocycles. The van der Waals surface area contributed by atoms with Crippen LogP contribution in [-0.4, -0.2) is 56.1 Å². The molecule has 25 heavy (non-hydrogen) atoms. The lowest BCUT2D eigenvalue weighted by Crippen LogP contribution is -2.41. The number of nitrogens with zero attached hydrogens (tertiary/aromatic N) is 1. The summed E-state index contributed by atoms with van der Waals surface area (Å²) in [7, 11) is 0. The Kier molecular flexibility index (Phi) is 7.88. The zero-order valence-electron chi connectivity index (χ0n) is 15.3. The highest BCUT2D eigenvalue weighted by molar-refractivity contribution is 6.04. The maximum atomic E-state index is 12.2. The third-order valence-electron chi connectivity index (χ3n) is 4.44. The summed E-state index contributed by atoms with van der Waals surface area (Å²) in [6.45, 7) is 8.73. The van der Waals surface area contributed by atoms with Crippen LogP contribution in [-0.2, 0) is 27.2 Å². The van der Waals surface area contributed by atoms with Crippen LogP contribution in [0, 0.1) is 0 Å². The van der Waals surface area contributed by atoms with Crippen LogP contribution in [0.2, 0.25) is 0 Å². The van der Waals surface area contributed by atoms with Crippen LogP contribution in [0.5, 0.6) is 0 Å². The zero-order chi connectivity index (χ0) is 18.1. The smallest absolute Gasteiger partial charge is 0.233 e. The van der Waals surface area contributed by atoms with Crippen molar-refractivity contribution < 1.29 is 14.3 Å². The summed E-state index contributed by atoms with van der Waals surface area (Å²) in [5.74, 6) is -0.503. The number of carbonyl (C=O) groups excluding carboxylic acids is 2. The van der Waals surface area contributed by atoms with Crippen LogP contribution < -0.4 is 10.6 Å². The van der Waals surface area contributed by atoms with E-state index in [-0.39, 0.29) is 18.2 Å². The standard InChI is InChI=1S/C19H29N3O3/c1-3-15-6-5-7-16(4-2)19(15)21-18(24)14-17(23)20-8-9-22-10-12-25-13-11-22/h5-7H,3-4,8-14H2,1-2H3,(H,20,23)(H,21,24). The summed E-state index contributed by atoms with van der Waals surface area (Å²) in [5, 5.41) is 5.75. The number of aryl methyl sites for hydroxylation is 2. The molecule has 0 aliphatic carbocycles. The highest BCUT2D eigenvalue weighted by Gasteiger charge is 2.14. The molecule has 1 saturated heterocycles. The first-order chi connectivity index (χ1) is 12.1. The lowest BCUT2D eigenvalue weighted by atomic mass is 10.0. The number of rotatable bonds is 8. The van der Waals surface area contributed by atoms with Crippen molar-refractivity contribution in [2.45, 2.75) is 33.1 Å². The van der Waals surface area contributed by atoms with Gasteiger partial charge in [0.25, 0.3) is 0 Å². The second-order valence-corrected chi connectivity index (χ2v) is 6.19. The fourth-order valence-electron chi connectivity index (χ4n) is 2.97. The second-order valence-electron chi connectivity index (χ2n) is 6.19. The molecule has 138 valence electrons. The predicted molar refractivity (Wildman–Crippen MR) is 98.7 cm³/mol. The van der Waals surface area contributed by atoms with Gasteiger partial charge in [-0.25, -0.2) is 0 Å². The molecule has 2 N–H and O–H groups in total. The van der Waals surface area contributed by atoms with Crippen molar-refractivity contribution in [3.8, 4) is 0 Å². The van der Waals surface area contributed by atoms with Gasteiger partial charge in [-0.05, 0) is 24.0 Å². The van der Waals surface area contributed by atoms with Gasteiger partial charge in [0.2, 0.25) is 11.8 Å². The Hall–Kier alpha value is -1.92. The molecule has 0 spiro atoms. The average Bonchev–Trinajstić information content (AvgIpc) is 2.62. The lowest BCUT2D eigenvalue weighted by molar-refractivity contribution is -0.126. The van der Waals surface area contributed by atoms with Crippen molar-refractivity contribution >= 4 is 17.5 Å². The van der Waals surface area contributed by atoms with E-state index in [1.165, 1.54) is 0 Å². The van der Waals surface area contributed by atoms with Gasteiger partial charge in [-0.3, -0.25) is 14.5 Å². The quantitative estimate of drug-likeness (QED) is 0.701. The van der Waals surface area contributed by atoms with Gasteiger partial charge in [0, 0.05) is 31.9 Å². The molecule has 2 rings (SSSR count). The molecular formula is C19H29N3O3. The molecule has 2 amide bonds. The molecule has 0 atom stereocenters. The monoisotopic (exact) mass is 347 g/mol. The van der Waals surface area contributed by atoms with Gasteiger partial charge in [0.15, 0.2) is 0 Å². The first-order valence-corrected chi connectivity index (χ1v) is 9.11. The number of benzene rings is 1. The van der Waals surface area contributed by atoms with E-state index in [9.17, 15) is 9.59 Å². The molecule has 1 aliphatic rings. The van der Waals surface area contributed by atoms with Crippen molar-refractivity contribution in [1.29, 1.82) is 0 Å². The molecule has 6 heteroatoms. The number of amides is 2. The zero-order valence-corrected chi connectivity index (χ0v) is 15.3. The minimum absolute atomic E-state index is 0.148. The SMILES string of the molecule is CCc1cccc(CC)c1NC(=O)CC(=O)NCCN1CCOCC1. The Balaban J connectivity index is 1.78. The van der Waals surface area contributed by atoms with Crippen molar-refractivity contribution in [3.63, 3.8) is 0 Å². The van der Waals surface area contributed by atoms with Crippen molar-refractivity contribution in [3.05, 3.63) is 29.3 Å². The maximum absolute atomic E-state index is 12.2. The Morgan fingerprint density at radius 1 is 1.08 bits per heavy atom. The highest BCUT2D eigenvalue weighted by atomic mass is 16.5. The summed E-state index contributed by atoms with van der Waals surface area (Å²) in [6.07, 6.45) is 1.54. The van der Waals surface area contributed by atoms with Crippen LogP contribution in [0.1, 0.15) is 31.4 Å². The highest BCUT2D eigenvalue weighted by Crippen LogP contribution is 2.22. The fourth-order valence-corrected chi connectivity index (χ4v) is 2.97. The molecule has 0 bridgehead atoms. The molecule has 1 fully saturated rings. The fraction of sp³-hybridized carbons (Fsp3) is 0.579. The molecule has 1 aromatic carbocycles. The average molecular weight is 347 g/mol. The number of carbonyl (C=O) groups is 2. The normalized spacial score (nSPS) is 15.0. The van der Waals surface area contributed by atoms with Gasteiger partial charge in [-0.1, -0.05) is 32.0 Å². The van der Waals surface area contributed by atoms with E-state index in [1.807, 2.05) is 18.2 Å². The van der Waals surface area contributed by atoms with Gasteiger partial charge in [0.1, 0.15) is 6.42 Å². The summed E-state index contributed by atoms with van der Waals surface area (Å²) in [6, 6.07) is 6.03. The largest absolute Gasteiger partial charge is 0.379 e. The van der Waals surface area contributed by atoms with Crippen LogP contribution in [0.25, 0.3) is 0 Å². The summed E-state index contributed by atoms with van der Waals surface area (Å²) < 4.78 is 5.29. The summed E-state index contributed by atoms with van der Waals surface area (Å²) in [5.41, 5.74) is 3.06. The van der Waals surface area contributed by atoms with Crippen molar-refractivity contribution in [2.24, 2.45) is 0 Å².